The van der Waals surface area contributed by atoms with Gasteiger partial charge in [-0.1, -0.05) is 18.2 Å². The Morgan fingerprint density at radius 1 is 0.534 bits per heavy atom. The summed E-state index contributed by atoms with van der Waals surface area (Å²) in [5, 5.41) is 28.0. The zero-order chi connectivity index (χ0) is 64.3. The number of nitrogens with one attached hydrogen (secondary N) is 2. The minimum absolute atomic E-state index is 0.0417. The van der Waals surface area contributed by atoms with E-state index >= 15 is 0 Å². The molecular weight excluding hydrogens is 1220 g/mol. The van der Waals surface area contributed by atoms with Gasteiger partial charge in [-0.15, -0.1) is 34.0 Å². The van der Waals surface area contributed by atoms with Gasteiger partial charge >= 0.3 is 5.97 Å². The van der Waals surface area contributed by atoms with Crippen LogP contribution >= 0.6 is 45.6 Å². The quantitative estimate of drug-likeness (QED) is 0.0615. The van der Waals surface area contributed by atoms with Crippen LogP contribution in [0.4, 0.5) is 28.2 Å². The van der Waals surface area contributed by atoms with E-state index in [1.807, 2.05) is 5.38 Å². The van der Waals surface area contributed by atoms with Crippen LogP contribution in [0.25, 0.3) is 33.8 Å². The van der Waals surface area contributed by atoms with Gasteiger partial charge < -0.3 is 21.5 Å². The number of nitrogens with zero attached hydrogens (tertiary/aromatic N) is 9. The van der Waals surface area contributed by atoms with E-state index in [0.717, 1.165) is 35.1 Å². The maximum atomic E-state index is 13.3. The lowest BCUT2D eigenvalue weighted by Gasteiger charge is -2.06. The molecule has 0 fully saturated rings. The Balaban J connectivity index is 0.000000205. The van der Waals surface area contributed by atoms with E-state index in [-0.39, 0.29) is 56.8 Å². The van der Waals surface area contributed by atoms with Gasteiger partial charge in [-0.2, -0.15) is 5.26 Å². The molecule has 0 saturated heterocycles. The van der Waals surface area contributed by atoms with Crippen molar-refractivity contribution in [2.24, 2.45) is 0 Å². The molecule has 2 amide bonds. The number of rotatable bonds is 13. The number of hydrogen-bond donors (Lipinski definition) is 4. The number of carbonyl (C=O) groups is 8. The second-order valence-corrected chi connectivity index (χ2v) is 20.2. The van der Waals surface area contributed by atoms with Gasteiger partial charge in [0.05, 0.1) is 70.5 Å². The molecule has 28 heteroatoms. The summed E-state index contributed by atoms with van der Waals surface area (Å²) in [6.45, 7) is 5.77. The van der Waals surface area contributed by atoms with Gasteiger partial charge in [-0.05, 0) is 87.0 Å². The molecule has 10 rings (SSSR count). The minimum Gasteiger partial charge on any atom is -0.478 e. The molecule has 7 aromatic heterocycles. The van der Waals surface area contributed by atoms with Gasteiger partial charge in [0, 0.05) is 106 Å². The number of aromatic carboxylic acids is 1. The smallest absolute Gasteiger partial charge is 0.339 e. The fourth-order valence-electron chi connectivity index (χ4n) is 6.89. The highest BCUT2D eigenvalue weighted by atomic mass is 35.5. The molecule has 0 unspecified atom stereocenters. The van der Waals surface area contributed by atoms with Gasteiger partial charge in [-0.3, -0.25) is 68.4 Å². The Hall–Kier alpha value is -10.8. The maximum absolute atomic E-state index is 13.3. The van der Waals surface area contributed by atoms with Crippen LogP contribution in [0.3, 0.4) is 0 Å². The van der Waals surface area contributed by atoms with Crippen LogP contribution in [0.15, 0.2) is 163 Å². The van der Waals surface area contributed by atoms with E-state index in [2.05, 4.69) is 50.5 Å². The summed E-state index contributed by atoms with van der Waals surface area (Å²) in [5.74, 6) is -4.15. The standard InChI is InChI=1S/C17H12FN3O2S.C16H10FN3O3S.C10H9N3OS.C7H4ClFO.C6H6N2O.C4H5NO/c1-10(22)15-13(14-8-19-5-6-20-14)9-24-17(15)21-16(23)11-3-2-4-12(18)7-11;17-10-3-1-2-9(6-10)14(21)20-15-13(16(22)23)11(8-24-15)12-7-18-4-5-19-12;1-6(14)9-7(5-15-10(9)11)8-4-12-2-3-13-8;8-7(10)5-2-1-3-6(9)4-5;1-5(9)6-4-7-2-3-8-6;1-4(6)2-3-5/h2-9H,1H3,(H,21,23);1-8H,(H,20,21)(H,22,23);2-5H,11H2,1H3;1-4H;2-4H,1H3;2H2,1H3. The first-order chi connectivity index (χ1) is 42.1. The van der Waals surface area contributed by atoms with Crippen molar-refractivity contribution in [2.75, 3.05) is 16.4 Å². The third kappa shape index (κ3) is 20.8. The number of halogens is 4. The van der Waals surface area contributed by atoms with Crippen LogP contribution in [0.2, 0.25) is 0 Å². The number of aromatic nitrogens is 8. The summed E-state index contributed by atoms with van der Waals surface area (Å²) in [5.41, 5.74) is 10.8. The van der Waals surface area contributed by atoms with Crippen LogP contribution in [0, 0.1) is 28.8 Å². The van der Waals surface area contributed by atoms with Crippen molar-refractivity contribution < 1.29 is 56.6 Å². The molecule has 7 heterocycles. The lowest BCUT2D eigenvalue weighted by molar-refractivity contribution is -0.116. The fraction of sp³-hybridized carbons (Fsp3) is 0.0833. The van der Waals surface area contributed by atoms with Crippen LogP contribution in [-0.4, -0.2) is 91.1 Å². The van der Waals surface area contributed by atoms with Crippen molar-refractivity contribution in [3.05, 3.63) is 220 Å². The molecule has 0 aliphatic rings. The van der Waals surface area contributed by atoms with Gasteiger partial charge in [0.25, 0.3) is 17.1 Å². The minimum atomic E-state index is -1.20. The number of carbonyl (C=O) groups excluding carboxylic acids is 7. The molecule has 446 valence electrons. The molecule has 3 aromatic carbocycles. The third-order valence-corrected chi connectivity index (χ3v) is 13.6. The normalized spacial score (nSPS) is 9.85. The van der Waals surface area contributed by atoms with E-state index < -0.39 is 40.5 Å². The number of anilines is 3. The van der Waals surface area contributed by atoms with Gasteiger partial charge in [0.2, 0.25) is 0 Å². The summed E-state index contributed by atoms with van der Waals surface area (Å²) in [4.78, 5) is 122. The van der Waals surface area contributed by atoms with Gasteiger partial charge in [0.1, 0.15) is 44.5 Å². The van der Waals surface area contributed by atoms with Crippen molar-refractivity contribution >= 4 is 107 Å². The van der Waals surface area contributed by atoms with E-state index in [4.69, 9.17) is 22.6 Å². The number of benzene rings is 3. The largest absolute Gasteiger partial charge is 0.478 e. The summed E-state index contributed by atoms with van der Waals surface area (Å²) in [7, 11) is 0. The Kier molecular flexibility index (Phi) is 26.5. The number of carboxylic acids is 1. The topological polar surface area (TPSA) is 334 Å². The van der Waals surface area contributed by atoms with Crippen molar-refractivity contribution in [3.63, 3.8) is 0 Å². The van der Waals surface area contributed by atoms with Crippen LogP contribution in [-0.2, 0) is 4.79 Å². The molecule has 10 aromatic rings. The Labute approximate surface area is 515 Å². The molecule has 0 atom stereocenters. The number of nitriles is 1. The summed E-state index contributed by atoms with van der Waals surface area (Å²) in [6.07, 6.45) is 18.3. The SMILES string of the molecule is CC(=O)CC#N.CC(=O)c1c(-c2cnccn2)csc1N.CC(=O)c1c(-c2cnccn2)csc1NC(=O)c1cccc(F)c1.CC(=O)c1cnccn1.O=C(Cl)c1cccc(F)c1.O=C(Nc1scc(-c2cnccn2)c1C(=O)O)c1cccc(F)c1. The molecular formula is C60H46ClF3N12O9S3. The number of thiophene rings is 3. The van der Waals surface area contributed by atoms with E-state index in [0.29, 0.717) is 55.0 Å². The van der Waals surface area contributed by atoms with E-state index in [1.165, 1.54) is 155 Å². The number of nitrogens with two attached hydrogens (primary N) is 1. The molecule has 0 aliphatic carbocycles. The highest BCUT2D eigenvalue weighted by molar-refractivity contribution is 7.16. The average molecular weight is 1270 g/mol. The second kappa shape index (κ2) is 34.2. The lowest BCUT2D eigenvalue weighted by Crippen LogP contribution is -2.13. The zero-order valence-electron chi connectivity index (χ0n) is 46.3. The molecule has 0 radical (unpaired) electrons. The van der Waals surface area contributed by atoms with Crippen molar-refractivity contribution in [1.29, 1.82) is 5.26 Å². The zero-order valence-corrected chi connectivity index (χ0v) is 49.6. The maximum Gasteiger partial charge on any atom is 0.339 e. The number of amides is 2. The van der Waals surface area contributed by atoms with Crippen LogP contribution < -0.4 is 16.4 Å². The summed E-state index contributed by atoms with van der Waals surface area (Å²) in [6, 6.07) is 17.5. The van der Waals surface area contributed by atoms with Crippen molar-refractivity contribution in [1.82, 2.24) is 39.9 Å². The molecule has 5 N–H and O–H groups in total. The molecule has 0 saturated carbocycles. The Bertz CT molecular complexity index is 3970. The Morgan fingerprint density at radius 3 is 1.24 bits per heavy atom. The number of Topliss-reactive ketones (excluding diaryl/α,β-unsaturated/α-hetero) is 4. The molecule has 21 nitrogen and oxygen atoms in total. The highest BCUT2D eigenvalue weighted by Gasteiger charge is 2.24. The molecule has 0 bridgehead atoms. The third-order valence-electron chi connectivity index (χ3n) is 10.8. The average Bonchev–Trinajstić information content (AvgIpc) is 2.44. The highest BCUT2D eigenvalue weighted by Crippen LogP contribution is 2.37. The van der Waals surface area contributed by atoms with E-state index in [9.17, 15) is 56.6 Å². The Morgan fingerprint density at radius 2 is 0.920 bits per heavy atom. The van der Waals surface area contributed by atoms with Gasteiger partial charge in [0.15, 0.2) is 17.3 Å². The van der Waals surface area contributed by atoms with E-state index in [1.54, 1.807) is 41.6 Å². The van der Waals surface area contributed by atoms with Crippen molar-refractivity contribution in [2.45, 2.75) is 34.1 Å². The first-order valence-corrected chi connectivity index (χ1v) is 28.0. The predicted octanol–water partition coefficient (Wildman–Crippen LogP) is 12.5. The number of nitrogen functional groups attached to an aromatic ring is 1. The molecule has 0 aliphatic heterocycles. The van der Waals surface area contributed by atoms with Crippen molar-refractivity contribution in [3.8, 4) is 39.8 Å². The number of hydrogen-bond acceptors (Lipinski definition) is 21. The first-order valence-electron chi connectivity index (χ1n) is 25.0. The van der Waals surface area contributed by atoms with Gasteiger partial charge in [-0.25, -0.2) is 22.9 Å². The molecule has 0 spiro atoms. The molecule has 88 heavy (non-hydrogen) atoms. The predicted molar refractivity (Wildman–Crippen MR) is 326 cm³/mol. The summed E-state index contributed by atoms with van der Waals surface area (Å²) >= 11 is 8.68. The number of ketones is 4. The van der Waals surface area contributed by atoms with Crippen LogP contribution in [0.1, 0.15) is 107 Å². The fourth-order valence-corrected chi connectivity index (χ4v) is 9.80. The lowest BCUT2D eigenvalue weighted by atomic mass is 10.1. The monoisotopic (exact) mass is 1270 g/mol. The summed E-state index contributed by atoms with van der Waals surface area (Å²) < 4.78 is 38.8. The number of carboxylic acid groups (broad SMARTS) is 1. The van der Waals surface area contributed by atoms with Crippen LogP contribution in [0.5, 0.6) is 0 Å². The first kappa shape index (κ1) is 68.0. The second-order valence-electron chi connectivity index (χ2n) is 17.2.